The van der Waals surface area contributed by atoms with Crippen molar-refractivity contribution in [3.63, 3.8) is 0 Å². The normalized spacial score (nSPS) is 12.9. The standard InChI is InChI=1S/C49H44BN/c1-29(2)38-22-20-35-21-23-40-44(30(3)4)48-49(41-25-24-39(38)45(35)46(40)41)51(37-17-13-16-36(28-37)34-14-9-8-10-15-34)43-19-12-11-18-42(43)50(48)47-32(6)26-31(5)27-33(47)7/h8-30H,1-7H3. The molecule has 1 heterocycles. The van der Waals surface area contributed by atoms with Gasteiger partial charge in [0, 0.05) is 22.4 Å². The van der Waals surface area contributed by atoms with Crippen molar-refractivity contribution in [3.05, 3.63) is 155 Å². The zero-order chi connectivity index (χ0) is 35.1. The molecule has 9 rings (SSSR count). The van der Waals surface area contributed by atoms with E-state index in [1.54, 1.807) is 0 Å². The molecule has 1 aliphatic rings. The summed E-state index contributed by atoms with van der Waals surface area (Å²) in [5.41, 5.74) is 17.4. The summed E-state index contributed by atoms with van der Waals surface area (Å²) in [5.74, 6) is 0.748. The summed E-state index contributed by atoms with van der Waals surface area (Å²) >= 11 is 0. The highest BCUT2D eigenvalue weighted by atomic mass is 15.2. The molecule has 248 valence electrons. The van der Waals surface area contributed by atoms with Crippen LogP contribution in [0.1, 0.15) is 67.3 Å². The van der Waals surface area contributed by atoms with Crippen LogP contribution in [0.25, 0.3) is 43.4 Å². The summed E-state index contributed by atoms with van der Waals surface area (Å²) < 4.78 is 0. The van der Waals surface area contributed by atoms with Crippen LogP contribution in [0.15, 0.2) is 127 Å². The van der Waals surface area contributed by atoms with Crippen LogP contribution in [0, 0.1) is 20.8 Å². The Morgan fingerprint density at radius 2 is 1.20 bits per heavy atom. The van der Waals surface area contributed by atoms with Crippen molar-refractivity contribution >= 4 is 72.5 Å². The number of anilines is 3. The van der Waals surface area contributed by atoms with Gasteiger partial charge in [-0.25, -0.2) is 0 Å². The highest BCUT2D eigenvalue weighted by Gasteiger charge is 2.41. The number of hydrogen-bond acceptors (Lipinski definition) is 1. The third kappa shape index (κ3) is 4.76. The Hall–Kier alpha value is -5.34. The quantitative estimate of drug-likeness (QED) is 0.132. The molecule has 0 saturated heterocycles. The summed E-state index contributed by atoms with van der Waals surface area (Å²) in [7, 11) is 0. The topological polar surface area (TPSA) is 3.24 Å². The molecule has 0 amide bonds. The Balaban J connectivity index is 1.49. The molecule has 0 atom stereocenters. The fraction of sp³-hybridized carbons (Fsp3) is 0.184. The third-order valence-corrected chi connectivity index (χ3v) is 11.5. The molecule has 0 saturated carbocycles. The highest BCUT2D eigenvalue weighted by Crippen LogP contribution is 2.48. The Labute approximate surface area is 303 Å². The second-order valence-electron chi connectivity index (χ2n) is 15.4. The maximum absolute atomic E-state index is 2.60. The smallest absolute Gasteiger partial charge is 0.247 e. The van der Waals surface area contributed by atoms with Crippen molar-refractivity contribution in [2.24, 2.45) is 0 Å². The van der Waals surface area contributed by atoms with Crippen LogP contribution < -0.4 is 21.3 Å². The molecule has 8 aromatic rings. The minimum absolute atomic E-state index is 0.0934. The molecular formula is C49H44BN. The first-order chi connectivity index (χ1) is 24.7. The van der Waals surface area contributed by atoms with E-state index in [1.165, 1.54) is 105 Å². The average molecular weight is 658 g/mol. The van der Waals surface area contributed by atoms with E-state index in [0.29, 0.717) is 11.8 Å². The van der Waals surface area contributed by atoms with E-state index < -0.39 is 0 Å². The second-order valence-corrected chi connectivity index (χ2v) is 15.4. The van der Waals surface area contributed by atoms with Gasteiger partial charge < -0.3 is 4.90 Å². The molecule has 51 heavy (non-hydrogen) atoms. The largest absolute Gasteiger partial charge is 0.311 e. The lowest BCUT2D eigenvalue weighted by atomic mass is 9.32. The van der Waals surface area contributed by atoms with Gasteiger partial charge in [-0.2, -0.15) is 0 Å². The first-order valence-electron chi connectivity index (χ1n) is 18.6. The molecule has 8 aromatic carbocycles. The predicted octanol–water partition coefficient (Wildman–Crippen LogP) is 11.7. The summed E-state index contributed by atoms with van der Waals surface area (Å²) in [5, 5.41) is 8.22. The van der Waals surface area contributed by atoms with Crippen LogP contribution in [0.3, 0.4) is 0 Å². The van der Waals surface area contributed by atoms with E-state index >= 15 is 0 Å². The summed E-state index contributed by atoms with van der Waals surface area (Å²) in [6.07, 6.45) is 0. The molecule has 0 unspecified atom stereocenters. The predicted molar refractivity (Wildman–Crippen MR) is 224 cm³/mol. The van der Waals surface area contributed by atoms with Gasteiger partial charge >= 0.3 is 0 Å². The molecule has 2 heteroatoms. The van der Waals surface area contributed by atoms with Gasteiger partial charge in [0.2, 0.25) is 6.71 Å². The van der Waals surface area contributed by atoms with Gasteiger partial charge in [0.15, 0.2) is 0 Å². The molecule has 0 spiro atoms. The fourth-order valence-corrected chi connectivity index (χ4v) is 9.55. The Kier molecular flexibility index (Phi) is 7.37. The van der Waals surface area contributed by atoms with E-state index in [9.17, 15) is 0 Å². The second kappa shape index (κ2) is 11.9. The molecule has 0 radical (unpaired) electrons. The zero-order valence-electron chi connectivity index (χ0n) is 30.8. The van der Waals surface area contributed by atoms with E-state index in [-0.39, 0.29) is 6.71 Å². The molecule has 0 fully saturated rings. The number of hydrogen-bond donors (Lipinski definition) is 0. The van der Waals surface area contributed by atoms with Crippen molar-refractivity contribution < 1.29 is 0 Å². The minimum Gasteiger partial charge on any atom is -0.311 e. The van der Waals surface area contributed by atoms with E-state index in [2.05, 4.69) is 181 Å². The van der Waals surface area contributed by atoms with Crippen molar-refractivity contribution in [3.8, 4) is 11.1 Å². The molecule has 1 aliphatic heterocycles. The number of aryl methyl sites for hydroxylation is 3. The lowest BCUT2D eigenvalue weighted by Gasteiger charge is -2.41. The summed E-state index contributed by atoms with van der Waals surface area (Å²) in [6.45, 7) is 16.4. The minimum atomic E-state index is 0.0934. The lowest BCUT2D eigenvalue weighted by molar-refractivity contribution is 0.877. The van der Waals surface area contributed by atoms with Crippen molar-refractivity contribution in [2.45, 2.75) is 60.3 Å². The number of nitrogens with zero attached hydrogens (tertiary/aromatic N) is 1. The van der Waals surface area contributed by atoms with Crippen molar-refractivity contribution in [2.75, 3.05) is 4.90 Å². The number of rotatable bonds is 5. The van der Waals surface area contributed by atoms with E-state index in [0.717, 1.165) is 0 Å². The van der Waals surface area contributed by atoms with Gasteiger partial charge in [0.1, 0.15) is 0 Å². The molecule has 0 bridgehead atoms. The Morgan fingerprint density at radius 1 is 0.529 bits per heavy atom. The van der Waals surface area contributed by atoms with Gasteiger partial charge in [-0.05, 0) is 111 Å². The fourth-order valence-electron chi connectivity index (χ4n) is 9.55. The van der Waals surface area contributed by atoms with Gasteiger partial charge in [-0.15, -0.1) is 0 Å². The van der Waals surface area contributed by atoms with Crippen LogP contribution in [0.2, 0.25) is 0 Å². The molecule has 0 aliphatic carbocycles. The van der Waals surface area contributed by atoms with Gasteiger partial charge in [-0.1, -0.05) is 159 Å². The molecular weight excluding hydrogens is 613 g/mol. The van der Waals surface area contributed by atoms with Crippen LogP contribution >= 0.6 is 0 Å². The van der Waals surface area contributed by atoms with E-state index in [1.807, 2.05) is 0 Å². The molecule has 0 N–H and O–H groups in total. The number of benzene rings is 8. The zero-order valence-corrected chi connectivity index (χ0v) is 30.8. The summed E-state index contributed by atoms with van der Waals surface area (Å²) in [6, 6.07) is 48.3. The van der Waals surface area contributed by atoms with E-state index in [4.69, 9.17) is 0 Å². The SMILES string of the molecule is Cc1cc(C)c(B2c3ccccc3N(c3cccc(-c4ccccc4)c3)c3c2c(C(C)C)c2ccc4ccc(C(C)C)c5ccc3c2c45)c(C)c1. The van der Waals surface area contributed by atoms with Gasteiger partial charge in [0.25, 0.3) is 0 Å². The van der Waals surface area contributed by atoms with Gasteiger partial charge in [-0.3, -0.25) is 0 Å². The summed E-state index contributed by atoms with van der Waals surface area (Å²) in [4.78, 5) is 2.60. The first kappa shape index (κ1) is 31.6. The van der Waals surface area contributed by atoms with Crippen LogP contribution in [0.4, 0.5) is 17.1 Å². The van der Waals surface area contributed by atoms with Crippen LogP contribution in [-0.4, -0.2) is 6.71 Å². The Morgan fingerprint density at radius 3 is 1.94 bits per heavy atom. The maximum Gasteiger partial charge on any atom is 0.247 e. The van der Waals surface area contributed by atoms with Crippen molar-refractivity contribution in [1.29, 1.82) is 0 Å². The Bertz CT molecular complexity index is 2610. The van der Waals surface area contributed by atoms with Gasteiger partial charge in [0.05, 0.1) is 0 Å². The number of para-hydroxylation sites is 1. The molecule has 1 nitrogen and oxygen atoms in total. The maximum atomic E-state index is 2.60. The monoisotopic (exact) mass is 657 g/mol. The number of fused-ring (bicyclic) bond motifs is 3. The van der Waals surface area contributed by atoms with Crippen LogP contribution in [0.5, 0.6) is 0 Å². The van der Waals surface area contributed by atoms with Crippen LogP contribution in [-0.2, 0) is 0 Å². The third-order valence-electron chi connectivity index (χ3n) is 11.5. The molecule has 0 aromatic heterocycles. The lowest BCUT2D eigenvalue weighted by Crippen LogP contribution is -2.60. The average Bonchev–Trinajstić information content (AvgIpc) is 3.13. The first-order valence-corrected chi connectivity index (χ1v) is 18.6. The van der Waals surface area contributed by atoms with Crippen molar-refractivity contribution in [1.82, 2.24) is 0 Å². The highest BCUT2D eigenvalue weighted by molar-refractivity contribution is 6.99.